The van der Waals surface area contributed by atoms with E-state index in [1.165, 1.54) is 18.9 Å². The van der Waals surface area contributed by atoms with Crippen LogP contribution >= 0.6 is 0 Å². The molecule has 0 spiro atoms. The zero-order valence-electron chi connectivity index (χ0n) is 15.3. The summed E-state index contributed by atoms with van der Waals surface area (Å²) in [6.07, 6.45) is 3.63. The topological polar surface area (TPSA) is 74.7 Å². The minimum absolute atomic E-state index is 0.0889. The maximum Gasteiger partial charge on any atom is 0.191 e. The van der Waals surface area contributed by atoms with Gasteiger partial charge in [0.2, 0.25) is 0 Å². The van der Waals surface area contributed by atoms with Gasteiger partial charge in [0, 0.05) is 32.2 Å². The second-order valence-electron chi connectivity index (χ2n) is 7.32. The second-order valence-corrected chi connectivity index (χ2v) is 7.32. The highest BCUT2D eigenvalue weighted by molar-refractivity contribution is 5.78. The van der Waals surface area contributed by atoms with Gasteiger partial charge in [0.05, 0.1) is 13.2 Å². The fourth-order valence-electron chi connectivity index (χ4n) is 3.21. The molecule has 1 saturated carbocycles. The third-order valence-corrected chi connectivity index (χ3v) is 5.09. The summed E-state index contributed by atoms with van der Waals surface area (Å²) in [5, 5.41) is 11.2. The molecule has 0 aromatic heterocycles. The van der Waals surface area contributed by atoms with E-state index in [9.17, 15) is 9.18 Å². The number of nitrogens with zero attached hydrogens (tertiary/aromatic N) is 1. The quantitative estimate of drug-likeness (QED) is 0.460. The van der Waals surface area contributed by atoms with Crippen molar-refractivity contribution in [2.45, 2.75) is 24.8 Å². The first kappa shape index (κ1) is 18.6. The van der Waals surface area contributed by atoms with Crippen LogP contribution in [0.25, 0.3) is 0 Å². The molecular weight excluding hydrogens is 337 g/mol. The van der Waals surface area contributed by atoms with Crippen LogP contribution in [-0.4, -0.2) is 51.1 Å². The molecule has 1 unspecified atom stereocenters. The summed E-state index contributed by atoms with van der Waals surface area (Å²) in [6.45, 7) is 1.16. The van der Waals surface area contributed by atoms with Crippen molar-refractivity contribution in [3.05, 3.63) is 29.6 Å². The third-order valence-electron chi connectivity index (χ3n) is 5.09. The monoisotopic (exact) mass is 363 g/mol. The Hall–Kier alpha value is -2.15. The van der Waals surface area contributed by atoms with Gasteiger partial charge >= 0.3 is 0 Å². The molecule has 2 fully saturated rings. The Balaban J connectivity index is 1.97. The maximum absolute atomic E-state index is 14.8. The Morgan fingerprint density at radius 3 is 2.88 bits per heavy atom. The van der Waals surface area contributed by atoms with Crippen LogP contribution in [0.1, 0.15) is 24.8 Å². The van der Waals surface area contributed by atoms with E-state index in [-0.39, 0.29) is 12.6 Å². The van der Waals surface area contributed by atoms with Crippen LogP contribution in [0, 0.1) is 23.1 Å². The van der Waals surface area contributed by atoms with Crippen LogP contribution in [0.5, 0.6) is 5.75 Å². The summed E-state index contributed by atoms with van der Waals surface area (Å²) in [6, 6.07) is 4.60. The van der Waals surface area contributed by atoms with Crippen LogP contribution in [-0.2, 0) is 15.1 Å². The Morgan fingerprint density at radius 1 is 1.46 bits per heavy atom. The van der Waals surface area contributed by atoms with Crippen molar-refractivity contribution in [2.24, 2.45) is 11.8 Å². The van der Waals surface area contributed by atoms with Crippen molar-refractivity contribution in [3.63, 3.8) is 0 Å². The average Bonchev–Trinajstić information content (AvgIpc) is 3.45. The highest BCUT2D eigenvalue weighted by Crippen LogP contribution is 2.38. The van der Waals surface area contributed by atoms with Gasteiger partial charge in [-0.3, -0.25) is 5.41 Å². The minimum Gasteiger partial charge on any atom is -0.493 e. The SMILES string of the molecule is CN(C)C(=N)NC1(c2cc(OCC3CC3)ccc2F)COCC[C@H]1C=O. The van der Waals surface area contributed by atoms with Gasteiger partial charge in [0.1, 0.15) is 23.4 Å². The lowest BCUT2D eigenvalue weighted by molar-refractivity contribution is -0.119. The summed E-state index contributed by atoms with van der Waals surface area (Å²) in [7, 11) is 3.43. The second kappa shape index (κ2) is 7.61. The molecule has 1 saturated heterocycles. The lowest BCUT2D eigenvalue weighted by Crippen LogP contribution is -2.59. The Bertz CT molecular complexity index is 678. The average molecular weight is 363 g/mol. The number of aldehydes is 1. The predicted molar refractivity (Wildman–Crippen MR) is 95.8 cm³/mol. The molecular formula is C19H26FN3O3. The van der Waals surface area contributed by atoms with Crippen LogP contribution < -0.4 is 10.1 Å². The van der Waals surface area contributed by atoms with Gasteiger partial charge < -0.3 is 24.5 Å². The maximum atomic E-state index is 14.8. The number of carbonyl (C=O) groups excluding carboxylic acids is 1. The molecule has 2 atom stereocenters. The standard InChI is InChI=1S/C19H26FN3O3/c1-23(2)18(21)22-19(12-25-8-7-14(19)10-24)16-9-15(5-6-17(16)20)26-11-13-3-4-13/h5-6,9-10,13-14H,3-4,7-8,11-12H2,1-2H3,(H2,21,22)/t14-,19?/m0/s1. The molecule has 0 bridgehead atoms. The lowest BCUT2D eigenvalue weighted by atomic mass is 9.76. The first-order valence-electron chi connectivity index (χ1n) is 8.96. The summed E-state index contributed by atoms with van der Waals surface area (Å²) in [5.41, 5.74) is -0.834. The fourth-order valence-corrected chi connectivity index (χ4v) is 3.21. The van der Waals surface area contributed by atoms with E-state index in [2.05, 4.69) is 5.32 Å². The van der Waals surface area contributed by atoms with Crippen molar-refractivity contribution < 1.29 is 18.7 Å². The normalized spacial score (nSPS) is 25.4. The molecule has 1 aliphatic heterocycles. The summed E-state index contributed by atoms with van der Waals surface area (Å²) in [5.74, 6) is 0.287. The number of rotatable bonds is 6. The number of ether oxygens (including phenoxy) is 2. The smallest absolute Gasteiger partial charge is 0.191 e. The minimum atomic E-state index is -1.13. The van der Waals surface area contributed by atoms with E-state index in [0.29, 0.717) is 36.9 Å². The van der Waals surface area contributed by atoms with Crippen molar-refractivity contribution in [2.75, 3.05) is 33.9 Å². The predicted octanol–water partition coefficient (Wildman–Crippen LogP) is 2.13. The first-order chi connectivity index (χ1) is 12.5. The molecule has 142 valence electrons. The number of carbonyl (C=O) groups is 1. The summed E-state index contributed by atoms with van der Waals surface area (Å²) >= 11 is 0. The van der Waals surface area contributed by atoms with E-state index in [4.69, 9.17) is 14.9 Å². The number of hydrogen-bond donors (Lipinski definition) is 2. The van der Waals surface area contributed by atoms with Crippen molar-refractivity contribution >= 4 is 12.2 Å². The largest absolute Gasteiger partial charge is 0.493 e. The fraction of sp³-hybridized carbons (Fsp3) is 0.579. The van der Waals surface area contributed by atoms with E-state index in [0.717, 1.165) is 6.29 Å². The van der Waals surface area contributed by atoms with Gasteiger partial charge in [-0.25, -0.2) is 4.39 Å². The zero-order chi connectivity index (χ0) is 18.7. The summed E-state index contributed by atoms with van der Waals surface area (Å²) < 4.78 is 26.2. The number of benzene rings is 1. The molecule has 1 aliphatic carbocycles. The van der Waals surface area contributed by atoms with E-state index in [1.807, 2.05) is 0 Å². The van der Waals surface area contributed by atoms with Crippen LogP contribution in [0.15, 0.2) is 18.2 Å². The van der Waals surface area contributed by atoms with Crippen LogP contribution in [0.2, 0.25) is 0 Å². The number of halogens is 1. The van der Waals surface area contributed by atoms with Gasteiger partial charge in [-0.05, 0) is 43.4 Å². The molecule has 7 heteroatoms. The molecule has 0 radical (unpaired) electrons. The highest BCUT2D eigenvalue weighted by Gasteiger charge is 2.46. The molecule has 1 aromatic rings. The molecule has 1 heterocycles. The van der Waals surface area contributed by atoms with Gasteiger partial charge in [-0.2, -0.15) is 0 Å². The lowest BCUT2D eigenvalue weighted by Gasteiger charge is -2.44. The van der Waals surface area contributed by atoms with Crippen molar-refractivity contribution in [1.82, 2.24) is 10.2 Å². The van der Waals surface area contributed by atoms with Crippen LogP contribution in [0.3, 0.4) is 0 Å². The van der Waals surface area contributed by atoms with E-state index < -0.39 is 17.3 Å². The molecule has 6 nitrogen and oxygen atoms in total. The highest BCUT2D eigenvalue weighted by atomic mass is 19.1. The molecule has 3 rings (SSSR count). The zero-order valence-corrected chi connectivity index (χ0v) is 15.3. The molecule has 26 heavy (non-hydrogen) atoms. The van der Waals surface area contributed by atoms with Crippen LogP contribution in [0.4, 0.5) is 4.39 Å². The van der Waals surface area contributed by atoms with Crippen molar-refractivity contribution in [1.29, 1.82) is 5.41 Å². The Morgan fingerprint density at radius 2 is 2.23 bits per heavy atom. The van der Waals surface area contributed by atoms with E-state index in [1.54, 1.807) is 31.1 Å². The molecule has 2 N–H and O–H groups in total. The van der Waals surface area contributed by atoms with Crippen molar-refractivity contribution in [3.8, 4) is 5.75 Å². The summed E-state index contributed by atoms with van der Waals surface area (Å²) in [4.78, 5) is 13.4. The van der Waals surface area contributed by atoms with Gasteiger partial charge in [-0.1, -0.05) is 0 Å². The number of nitrogens with one attached hydrogen (secondary N) is 2. The number of hydrogen-bond acceptors (Lipinski definition) is 4. The Labute approximate surface area is 153 Å². The number of guanidine groups is 1. The Kier molecular flexibility index (Phi) is 5.46. The third kappa shape index (κ3) is 3.82. The van der Waals surface area contributed by atoms with E-state index >= 15 is 0 Å². The van der Waals surface area contributed by atoms with Gasteiger partial charge in [0.15, 0.2) is 5.96 Å². The van der Waals surface area contributed by atoms with Gasteiger partial charge in [0.25, 0.3) is 0 Å². The molecule has 0 amide bonds. The molecule has 1 aromatic carbocycles. The first-order valence-corrected chi connectivity index (χ1v) is 8.96. The molecule has 2 aliphatic rings. The van der Waals surface area contributed by atoms with Gasteiger partial charge in [-0.15, -0.1) is 0 Å².